The van der Waals surface area contributed by atoms with E-state index in [-0.39, 0.29) is 12.5 Å². The van der Waals surface area contributed by atoms with Crippen molar-refractivity contribution in [2.24, 2.45) is 5.73 Å². The van der Waals surface area contributed by atoms with Crippen molar-refractivity contribution in [2.75, 3.05) is 11.9 Å². The Bertz CT molecular complexity index is 464. The van der Waals surface area contributed by atoms with Crippen LogP contribution in [0.15, 0.2) is 29.6 Å². The molecule has 14 heavy (non-hydrogen) atoms. The van der Waals surface area contributed by atoms with E-state index >= 15 is 0 Å². The van der Waals surface area contributed by atoms with E-state index in [9.17, 15) is 4.79 Å². The second-order valence-electron chi connectivity index (χ2n) is 2.90. The zero-order valence-corrected chi connectivity index (χ0v) is 8.30. The average Bonchev–Trinajstić information content (AvgIpc) is 2.62. The quantitative estimate of drug-likeness (QED) is 0.787. The van der Waals surface area contributed by atoms with Gasteiger partial charge in [0, 0.05) is 15.5 Å². The lowest BCUT2D eigenvalue weighted by atomic mass is 10.2. The fourth-order valence-electron chi connectivity index (χ4n) is 1.28. The van der Waals surface area contributed by atoms with Crippen LogP contribution in [0.5, 0.6) is 0 Å². The molecule has 0 atom stereocenters. The molecule has 0 bridgehead atoms. The first kappa shape index (κ1) is 9.18. The van der Waals surface area contributed by atoms with E-state index in [1.165, 1.54) is 4.70 Å². The summed E-state index contributed by atoms with van der Waals surface area (Å²) in [4.78, 5) is 11.1. The van der Waals surface area contributed by atoms with E-state index in [4.69, 9.17) is 5.73 Å². The highest BCUT2D eigenvalue weighted by atomic mass is 32.1. The summed E-state index contributed by atoms with van der Waals surface area (Å²) in [5.41, 5.74) is 6.07. The van der Waals surface area contributed by atoms with Crippen LogP contribution in [0.25, 0.3) is 10.1 Å². The van der Waals surface area contributed by atoms with Gasteiger partial charge in [0.2, 0.25) is 5.91 Å². The number of nitrogens with one attached hydrogen (secondary N) is 1. The number of hydrogen-bond acceptors (Lipinski definition) is 3. The largest absolute Gasteiger partial charge is 0.324 e. The number of carbonyl (C=O) groups is 1. The molecule has 1 aromatic carbocycles. The topological polar surface area (TPSA) is 55.1 Å². The first-order chi connectivity index (χ1) is 6.81. The maximum absolute atomic E-state index is 11.1. The first-order valence-corrected chi connectivity index (χ1v) is 5.15. The Hall–Kier alpha value is -1.39. The van der Waals surface area contributed by atoms with Gasteiger partial charge in [-0.3, -0.25) is 4.79 Å². The van der Waals surface area contributed by atoms with Crippen molar-refractivity contribution in [3.05, 3.63) is 29.6 Å². The van der Waals surface area contributed by atoms with Gasteiger partial charge < -0.3 is 11.1 Å². The summed E-state index contributed by atoms with van der Waals surface area (Å²) in [6.45, 7) is 0.0180. The number of benzene rings is 1. The highest BCUT2D eigenvalue weighted by Gasteiger charge is 2.05. The fraction of sp³-hybridized carbons (Fsp3) is 0.100. The molecule has 4 heteroatoms. The van der Waals surface area contributed by atoms with Crippen LogP contribution < -0.4 is 11.1 Å². The summed E-state index contributed by atoms with van der Waals surface area (Å²) < 4.78 is 1.17. The zero-order chi connectivity index (χ0) is 9.97. The van der Waals surface area contributed by atoms with Gasteiger partial charge in [-0.05, 0) is 6.07 Å². The molecule has 72 valence electrons. The lowest BCUT2D eigenvalue weighted by Crippen LogP contribution is -2.21. The minimum absolute atomic E-state index is 0.0180. The predicted molar refractivity (Wildman–Crippen MR) is 59.5 cm³/mol. The first-order valence-electron chi connectivity index (χ1n) is 4.27. The Kier molecular flexibility index (Phi) is 2.47. The number of hydrogen-bond donors (Lipinski definition) is 2. The Labute approximate surface area is 85.5 Å². The maximum atomic E-state index is 11.1. The van der Waals surface area contributed by atoms with Gasteiger partial charge in [0.05, 0.1) is 12.2 Å². The number of amides is 1. The van der Waals surface area contributed by atoms with Crippen LogP contribution in [0.3, 0.4) is 0 Å². The monoisotopic (exact) mass is 206 g/mol. The van der Waals surface area contributed by atoms with Crippen LogP contribution in [0.2, 0.25) is 0 Å². The van der Waals surface area contributed by atoms with Crippen molar-refractivity contribution in [1.82, 2.24) is 0 Å². The van der Waals surface area contributed by atoms with E-state index in [1.807, 2.05) is 29.6 Å². The lowest BCUT2D eigenvalue weighted by Gasteiger charge is -2.00. The van der Waals surface area contributed by atoms with Gasteiger partial charge in [-0.25, -0.2) is 0 Å². The number of rotatable bonds is 2. The molecule has 0 radical (unpaired) electrons. The molecular weight excluding hydrogens is 196 g/mol. The van der Waals surface area contributed by atoms with Crippen LogP contribution in [-0.4, -0.2) is 12.5 Å². The Morgan fingerprint density at radius 3 is 3.00 bits per heavy atom. The van der Waals surface area contributed by atoms with Crippen LogP contribution in [0.1, 0.15) is 0 Å². The lowest BCUT2D eigenvalue weighted by molar-refractivity contribution is -0.114. The number of thiophene rings is 1. The molecular formula is C10H10N2OS. The molecule has 0 saturated carbocycles. The second-order valence-corrected chi connectivity index (χ2v) is 3.81. The van der Waals surface area contributed by atoms with E-state index < -0.39 is 0 Å². The zero-order valence-electron chi connectivity index (χ0n) is 7.49. The van der Waals surface area contributed by atoms with Crippen molar-refractivity contribution >= 4 is 33.0 Å². The summed E-state index contributed by atoms with van der Waals surface area (Å²) in [6.07, 6.45) is 0. The minimum Gasteiger partial charge on any atom is -0.324 e. The number of carbonyl (C=O) groups excluding carboxylic acids is 1. The van der Waals surface area contributed by atoms with Crippen LogP contribution >= 0.6 is 11.3 Å². The normalized spacial score (nSPS) is 10.4. The number of anilines is 1. The SMILES string of the molecule is NCC(=O)Nc1csc2ccccc12. The van der Waals surface area contributed by atoms with Crippen molar-refractivity contribution < 1.29 is 4.79 Å². The summed E-state index contributed by atoms with van der Waals surface area (Å²) in [5, 5.41) is 5.76. The van der Waals surface area contributed by atoms with E-state index in [2.05, 4.69) is 5.32 Å². The van der Waals surface area contributed by atoms with E-state index in [1.54, 1.807) is 11.3 Å². The smallest absolute Gasteiger partial charge is 0.238 e. The summed E-state index contributed by atoms with van der Waals surface area (Å²) in [7, 11) is 0. The molecule has 0 fully saturated rings. The van der Waals surface area contributed by atoms with E-state index in [0.29, 0.717) is 0 Å². The molecule has 2 aromatic rings. The van der Waals surface area contributed by atoms with Gasteiger partial charge in [0.15, 0.2) is 0 Å². The molecule has 0 aliphatic carbocycles. The van der Waals surface area contributed by atoms with Gasteiger partial charge in [0.1, 0.15) is 0 Å². The summed E-state index contributed by atoms with van der Waals surface area (Å²) >= 11 is 1.61. The molecule has 1 amide bonds. The van der Waals surface area contributed by atoms with Gasteiger partial charge in [-0.15, -0.1) is 11.3 Å². The van der Waals surface area contributed by atoms with E-state index in [0.717, 1.165) is 11.1 Å². The minimum atomic E-state index is -0.159. The highest BCUT2D eigenvalue weighted by Crippen LogP contribution is 2.29. The molecule has 3 N–H and O–H groups in total. The molecule has 0 aliphatic rings. The highest BCUT2D eigenvalue weighted by molar-refractivity contribution is 7.17. The number of fused-ring (bicyclic) bond motifs is 1. The molecule has 0 spiro atoms. The predicted octanol–water partition coefficient (Wildman–Crippen LogP) is 1.80. The maximum Gasteiger partial charge on any atom is 0.238 e. The standard InChI is InChI=1S/C10H10N2OS/c11-5-10(13)12-8-6-14-9-4-2-1-3-7(8)9/h1-4,6H,5,11H2,(H,12,13). The molecule has 2 rings (SSSR count). The van der Waals surface area contributed by atoms with Crippen LogP contribution in [-0.2, 0) is 4.79 Å². The third kappa shape index (κ3) is 1.62. The van der Waals surface area contributed by atoms with Crippen molar-refractivity contribution in [3.63, 3.8) is 0 Å². The summed E-state index contributed by atoms with van der Waals surface area (Å²) in [6, 6.07) is 7.94. The number of nitrogens with two attached hydrogens (primary N) is 1. The van der Waals surface area contributed by atoms with Gasteiger partial charge in [-0.1, -0.05) is 18.2 Å². The van der Waals surface area contributed by atoms with Crippen molar-refractivity contribution in [2.45, 2.75) is 0 Å². The molecule has 1 heterocycles. The van der Waals surface area contributed by atoms with Crippen molar-refractivity contribution in [3.8, 4) is 0 Å². The molecule has 0 unspecified atom stereocenters. The van der Waals surface area contributed by atoms with Gasteiger partial charge >= 0.3 is 0 Å². The Morgan fingerprint density at radius 1 is 1.43 bits per heavy atom. The molecule has 0 aliphatic heterocycles. The van der Waals surface area contributed by atoms with Crippen molar-refractivity contribution in [1.29, 1.82) is 0 Å². The molecule has 1 aromatic heterocycles. The van der Waals surface area contributed by atoms with Gasteiger partial charge in [0.25, 0.3) is 0 Å². The Balaban J connectivity index is 2.38. The molecule has 3 nitrogen and oxygen atoms in total. The summed E-state index contributed by atoms with van der Waals surface area (Å²) in [5.74, 6) is -0.159. The fourth-order valence-corrected chi connectivity index (χ4v) is 2.17. The third-order valence-electron chi connectivity index (χ3n) is 1.94. The average molecular weight is 206 g/mol. The van der Waals surface area contributed by atoms with Gasteiger partial charge in [-0.2, -0.15) is 0 Å². The van der Waals surface area contributed by atoms with Crippen LogP contribution in [0, 0.1) is 0 Å². The second kappa shape index (κ2) is 3.77. The Morgan fingerprint density at radius 2 is 2.21 bits per heavy atom. The van der Waals surface area contributed by atoms with Crippen LogP contribution in [0.4, 0.5) is 5.69 Å². The third-order valence-corrected chi connectivity index (χ3v) is 2.90. The molecule has 0 saturated heterocycles.